The molecular formula is C26H38O5. The Morgan fingerprint density at radius 3 is 1.87 bits per heavy atom. The van der Waals surface area contributed by atoms with Crippen molar-refractivity contribution in [2.45, 2.75) is 52.9 Å². The Balaban J connectivity index is 0.000000317. The van der Waals surface area contributed by atoms with E-state index in [1.165, 1.54) is 12.0 Å². The van der Waals surface area contributed by atoms with Gasteiger partial charge < -0.3 is 18.9 Å². The standard InChI is InChI=1S/C15H20O3.C9H12O2.C2H6/c1-17-14-8-7-11(10-15(14)18-2)9-12-5-3-4-6-13(12)16;1-7-4-5-8(10-2)9(6-7)11-3;1-2/h7-8,10,12H,3-6,9H2,1-2H3;4-6H,1-3H3;1-2H3. The maximum atomic E-state index is 11.8. The van der Waals surface area contributed by atoms with Gasteiger partial charge in [-0.05, 0) is 61.6 Å². The zero-order chi connectivity index (χ0) is 23.2. The molecule has 2 aromatic carbocycles. The third kappa shape index (κ3) is 8.16. The number of benzene rings is 2. The summed E-state index contributed by atoms with van der Waals surface area (Å²) in [5.41, 5.74) is 2.32. The molecular weight excluding hydrogens is 392 g/mol. The van der Waals surface area contributed by atoms with Gasteiger partial charge in [-0.1, -0.05) is 32.4 Å². The van der Waals surface area contributed by atoms with Gasteiger partial charge in [-0.25, -0.2) is 0 Å². The first-order chi connectivity index (χ1) is 15.0. The smallest absolute Gasteiger partial charge is 0.160 e. The van der Waals surface area contributed by atoms with E-state index in [0.717, 1.165) is 54.2 Å². The zero-order valence-corrected chi connectivity index (χ0v) is 20.1. The Morgan fingerprint density at radius 2 is 1.32 bits per heavy atom. The van der Waals surface area contributed by atoms with Gasteiger partial charge >= 0.3 is 0 Å². The molecule has 0 aromatic heterocycles. The number of carbonyl (C=O) groups is 1. The minimum atomic E-state index is 0.192. The molecule has 1 fully saturated rings. The van der Waals surface area contributed by atoms with Gasteiger partial charge in [0.1, 0.15) is 5.78 Å². The van der Waals surface area contributed by atoms with Crippen LogP contribution in [-0.2, 0) is 11.2 Å². The fourth-order valence-corrected chi connectivity index (χ4v) is 3.51. The van der Waals surface area contributed by atoms with Crippen molar-refractivity contribution in [1.29, 1.82) is 0 Å². The summed E-state index contributed by atoms with van der Waals surface area (Å²) in [4.78, 5) is 11.8. The first-order valence-corrected chi connectivity index (χ1v) is 10.9. The first kappa shape index (κ1) is 26.3. The van der Waals surface area contributed by atoms with E-state index in [1.807, 2.05) is 57.2 Å². The minimum Gasteiger partial charge on any atom is -0.493 e. The Bertz CT molecular complexity index is 800. The molecule has 1 aliphatic rings. The monoisotopic (exact) mass is 430 g/mol. The molecule has 0 spiro atoms. The topological polar surface area (TPSA) is 54.0 Å². The van der Waals surface area contributed by atoms with Gasteiger partial charge in [0, 0.05) is 12.3 Å². The van der Waals surface area contributed by atoms with Crippen molar-refractivity contribution in [3.63, 3.8) is 0 Å². The molecule has 0 amide bonds. The van der Waals surface area contributed by atoms with Crippen LogP contribution in [0.1, 0.15) is 50.7 Å². The van der Waals surface area contributed by atoms with Crippen molar-refractivity contribution in [3.05, 3.63) is 47.5 Å². The molecule has 5 heteroatoms. The summed E-state index contributed by atoms with van der Waals surface area (Å²) < 4.78 is 20.7. The summed E-state index contributed by atoms with van der Waals surface area (Å²) in [6.45, 7) is 6.02. The van der Waals surface area contributed by atoms with Crippen LogP contribution in [0.4, 0.5) is 0 Å². The van der Waals surface area contributed by atoms with Crippen LogP contribution in [0.25, 0.3) is 0 Å². The van der Waals surface area contributed by atoms with E-state index in [1.54, 1.807) is 28.4 Å². The van der Waals surface area contributed by atoms with Crippen molar-refractivity contribution in [2.75, 3.05) is 28.4 Å². The Kier molecular flexibility index (Phi) is 12.2. The fourth-order valence-electron chi connectivity index (χ4n) is 3.51. The molecule has 1 atom stereocenters. The second-order valence-corrected chi connectivity index (χ2v) is 7.16. The maximum Gasteiger partial charge on any atom is 0.160 e. The van der Waals surface area contributed by atoms with E-state index in [2.05, 4.69) is 0 Å². The average molecular weight is 431 g/mol. The molecule has 3 rings (SSSR count). The van der Waals surface area contributed by atoms with Crippen LogP contribution >= 0.6 is 0 Å². The normalized spacial score (nSPS) is 14.9. The summed E-state index contributed by atoms with van der Waals surface area (Å²) in [6, 6.07) is 11.7. The van der Waals surface area contributed by atoms with E-state index < -0.39 is 0 Å². The molecule has 0 aliphatic heterocycles. The number of ketones is 1. The van der Waals surface area contributed by atoms with Crippen LogP contribution in [0, 0.1) is 12.8 Å². The highest BCUT2D eigenvalue weighted by molar-refractivity contribution is 5.81. The number of aryl methyl sites for hydroxylation is 1. The number of rotatable bonds is 6. The Hall–Kier alpha value is -2.69. The van der Waals surface area contributed by atoms with E-state index in [0.29, 0.717) is 5.78 Å². The van der Waals surface area contributed by atoms with Crippen molar-refractivity contribution in [3.8, 4) is 23.0 Å². The summed E-state index contributed by atoms with van der Waals surface area (Å²) in [7, 11) is 6.53. The molecule has 0 heterocycles. The second-order valence-electron chi connectivity index (χ2n) is 7.16. The van der Waals surface area contributed by atoms with Gasteiger partial charge in [-0.3, -0.25) is 4.79 Å². The molecule has 5 nitrogen and oxygen atoms in total. The van der Waals surface area contributed by atoms with Crippen LogP contribution in [0.3, 0.4) is 0 Å². The van der Waals surface area contributed by atoms with E-state index >= 15 is 0 Å². The van der Waals surface area contributed by atoms with Crippen molar-refractivity contribution in [2.24, 2.45) is 5.92 Å². The lowest BCUT2D eigenvalue weighted by Crippen LogP contribution is -2.21. The summed E-state index contributed by atoms with van der Waals surface area (Å²) >= 11 is 0. The molecule has 0 radical (unpaired) electrons. The van der Waals surface area contributed by atoms with Gasteiger partial charge in [0.15, 0.2) is 23.0 Å². The molecule has 0 saturated heterocycles. The number of Topliss-reactive ketones (excluding diaryl/α,β-unsaturated/α-hetero) is 1. The summed E-state index contributed by atoms with van der Waals surface area (Å²) in [5, 5.41) is 0. The molecule has 1 saturated carbocycles. The van der Waals surface area contributed by atoms with Crippen molar-refractivity contribution >= 4 is 5.78 Å². The Labute approximate surface area is 187 Å². The van der Waals surface area contributed by atoms with Gasteiger partial charge in [-0.15, -0.1) is 0 Å². The molecule has 31 heavy (non-hydrogen) atoms. The number of hydrogen-bond donors (Lipinski definition) is 0. The minimum absolute atomic E-state index is 0.192. The van der Waals surface area contributed by atoms with Crippen molar-refractivity contribution in [1.82, 2.24) is 0 Å². The predicted octanol–water partition coefficient (Wildman–Crippen LogP) is 6.04. The van der Waals surface area contributed by atoms with Gasteiger partial charge in [0.2, 0.25) is 0 Å². The lowest BCUT2D eigenvalue weighted by Gasteiger charge is -2.20. The SMILES string of the molecule is CC.COc1ccc(C)cc1OC.COc1ccc(CC2CCCCC2=O)cc1OC. The van der Waals surface area contributed by atoms with Crippen molar-refractivity contribution < 1.29 is 23.7 Å². The van der Waals surface area contributed by atoms with E-state index in [4.69, 9.17) is 18.9 Å². The van der Waals surface area contributed by atoms with Crippen LogP contribution in [0.2, 0.25) is 0 Å². The molecule has 0 bridgehead atoms. The van der Waals surface area contributed by atoms with Gasteiger partial charge in [0.05, 0.1) is 28.4 Å². The van der Waals surface area contributed by atoms with Crippen LogP contribution < -0.4 is 18.9 Å². The summed E-state index contributed by atoms with van der Waals surface area (Å²) in [6.07, 6.45) is 4.81. The predicted molar refractivity (Wildman–Crippen MR) is 126 cm³/mol. The number of carbonyl (C=O) groups excluding carboxylic acids is 1. The molecule has 2 aromatic rings. The quantitative estimate of drug-likeness (QED) is 0.559. The highest BCUT2D eigenvalue weighted by atomic mass is 16.5. The number of ether oxygens (including phenoxy) is 4. The molecule has 0 N–H and O–H groups in total. The lowest BCUT2D eigenvalue weighted by atomic mass is 9.84. The largest absolute Gasteiger partial charge is 0.493 e. The number of methoxy groups -OCH3 is 4. The lowest BCUT2D eigenvalue weighted by molar-refractivity contribution is -0.124. The third-order valence-corrected chi connectivity index (χ3v) is 5.15. The molecule has 1 unspecified atom stereocenters. The summed E-state index contributed by atoms with van der Waals surface area (Å²) in [5.74, 6) is 3.63. The second kappa shape index (κ2) is 14.3. The van der Waals surface area contributed by atoms with E-state index in [9.17, 15) is 4.79 Å². The van der Waals surface area contributed by atoms with Crippen LogP contribution in [-0.4, -0.2) is 34.2 Å². The van der Waals surface area contributed by atoms with E-state index in [-0.39, 0.29) is 5.92 Å². The zero-order valence-electron chi connectivity index (χ0n) is 20.1. The van der Waals surface area contributed by atoms with Gasteiger partial charge in [0.25, 0.3) is 0 Å². The average Bonchev–Trinajstić information content (AvgIpc) is 2.82. The molecule has 172 valence electrons. The Morgan fingerprint density at radius 1 is 0.774 bits per heavy atom. The highest BCUT2D eigenvalue weighted by Crippen LogP contribution is 2.30. The van der Waals surface area contributed by atoms with Crippen LogP contribution in [0.15, 0.2) is 36.4 Å². The maximum absolute atomic E-state index is 11.8. The van der Waals surface area contributed by atoms with Gasteiger partial charge in [-0.2, -0.15) is 0 Å². The molecule has 1 aliphatic carbocycles. The first-order valence-electron chi connectivity index (χ1n) is 10.9. The third-order valence-electron chi connectivity index (χ3n) is 5.15. The number of hydrogen-bond acceptors (Lipinski definition) is 5. The fraction of sp³-hybridized carbons (Fsp3) is 0.500. The van der Waals surface area contributed by atoms with Crippen LogP contribution in [0.5, 0.6) is 23.0 Å². The highest BCUT2D eigenvalue weighted by Gasteiger charge is 2.22.